The number of likely N-dealkylation sites (N-methyl/N-ethyl adjacent to an activating group) is 1. The summed E-state index contributed by atoms with van der Waals surface area (Å²) in [6.07, 6.45) is 59.3. The maximum absolute atomic E-state index is 6.96. The highest BCUT2D eigenvalue weighted by Gasteiger charge is 2.51. The standard InChI is InChI=1S/C48H83N3O2/c1-4-6-8-10-12-14-16-18-20-22-24-26-28-30-32-34-37-48(38-35-33-31-29-27-25-23-21-19-17-15-13-11-9-7-5-2)52-46-40-45(41-47(46)53-48)51(3)39-36-44-42-49-43-50-44/h12-15,18-21,42-43,45-47H,4-11,16-17,22-41H2,1-3H3,(H,49,50)/b14-12-,15-13-,20-18-,21-19-/t45?,46-,47+. The highest BCUT2D eigenvalue weighted by Crippen LogP contribution is 2.44. The summed E-state index contributed by atoms with van der Waals surface area (Å²) >= 11 is 0. The lowest BCUT2D eigenvalue weighted by atomic mass is 9.98. The van der Waals surface area contributed by atoms with Crippen LogP contribution in [0.2, 0.25) is 0 Å². The molecule has 5 nitrogen and oxygen atoms in total. The van der Waals surface area contributed by atoms with Crippen molar-refractivity contribution in [3.8, 4) is 0 Å². The normalized spacial score (nSPS) is 20.1. The first kappa shape index (κ1) is 45.4. The molecule has 2 aliphatic rings. The van der Waals surface area contributed by atoms with Gasteiger partial charge in [-0.15, -0.1) is 0 Å². The van der Waals surface area contributed by atoms with Crippen molar-refractivity contribution >= 4 is 0 Å². The largest absolute Gasteiger partial charge is 0.351 e. The Balaban J connectivity index is 1.29. The molecule has 3 atom stereocenters. The van der Waals surface area contributed by atoms with E-state index in [1.807, 2.05) is 6.20 Å². The van der Waals surface area contributed by atoms with E-state index in [4.69, 9.17) is 9.47 Å². The van der Waals surface area contributed by atoms with Gasteiger partial charge in [-0.1, -0.05) is 140 Å². The van der Waals surface area contributed by atoms with Gasteiger partial charge in [0.15, 0.2) is 5.79 Å². The van der Waals surface area contributed by atoms with Crippen molar-refractivity contribution in [3.05, 3.63) is 66.8 Å². The molecule has 1 aliphatic heterocycles. The second-order valence-electron chi connectivity index (χ2n) is 16.3. The third kappa shape index (κ3) is 21.1. The van der Waals surface area contributed by atoms with E-state index in [-0.39, 0.29) is 18.0 Å². The van der Waals surface area contributed by atoms with Gasteiger partial charge in [0.25, 0.3) is 0 Å². The molecule has 302 valence electrons. The smallest absolute Gasteiger partial charge is 0.169 e. The van der Waals surface area contributed by atoms with Crippen LogP contribution in [0.5, 0.6) is 0 Å². The van der Waals surface area contributed by atoms with Crippen LogP contribution in [0.25, 0.3) is 0 Å². The number of nitrogens with zero attached hydrogens (tertiary/aromatic N) is 2. The van der Waals surface area contributed by atoms with E-state index in [1.54, 1.807) is 6.33 Å². The lowest BCUT2D eigenvalue weighted by Crippen LogP contribution is -2.36. The Morgan fingerprint density at radius 1 is 0.623 bits per heavy atom. The maximum atomic E-state index is 6.96. The Hall–Kier alpha value is -1.95. The molecule has 0 aromatic carbocycles. The molecule has 1 saturated carbocycles. The van der Waals surface area contributed by atoms with Crippen LogP contribution < -0.4 is 0 Å². The van der Waals surface area contributed by atoms with E-state index in [1.165, 1.54) is 141 Å². The molecular formula is C48H83N3O2. The number of nitrogens with one attached hydrogen (secondary N) is 1. The van der Waals surface area contributed by atoms with Gasteiger partial charge in [-0.25, -0.2) is 4.98 Å². The predicted molar refractivity (Wildman–Crippen MR) is 228 cm³/mol. The van der Waals surface area contributed by atoms with Gasteiger partial charge in [-0.3, -0.25) is 0 Å². The Labute approximate surface area is 327 Å². The molecule has 0 spiro atoms. The van der Waals surface area contributed by atoms with Crippen LogP contribution in [-0.4, -0.2) is 52.5 Å². The molecule has 1 aromatic rings. The summed E-state index contributed by atoms with van der Waals surface area (Å²) in [5.41, 5.74) is 1.14. The zero-order chi connectivity index (χ0) is 37.5. The molecule has 1 unspecified atom stereocenters. The van der Waals surface area contributed by atoms with Crippen LogP contribution >= 0.6 is 0 Å². The molecular weight excluding hydrogens is 651 g/mol. The third-order valence-electron chi connectivity index (χ3n) is 11.6. The molecule has 2 heterocycles. The lowest BCUT2D eigenvalue weighted by molar-refractivity contribution is -0.193. The summed E-state index contributed by atoms with van der Waals surface area (Å²) in [7, 11) is 2.26. The number of ether oxygens (including phenoxy) is 2. The highest BCUT2D eigenvalue weighted by molar-refractivity contribution is 4.99. The molecule has 53 heavy (non-hydrogen) atoms. The van der Waals surface area contributed by atoms with E-state index in [0.717, 1.165) is 57.2 Å². The van der Waals surface area contributed by atoms with Gasteiger partial charge < -0.3 is 19.4 Å². The van der Waals surface area contributed by atoms with Gasteiger partial charge in [-0.2, -0.15) is 0 Å². The summed E-state index contributed by atoms with van der Waals surface area (Å²) in [6, 6.07) is 0.533. The molecule has 0 amide bonds. The number of aromatic amines is 1. The molecule has 1 aliphatic carbocycles. The van der Waals surface area contributed by atoms with E-state index >= 15 is 0 Å². The zero-order valence-electron chi connectivity index (χ0n) is 34.9. The topological polar surface area (TPSA) is 50.4 Å². The fraction of sp³-hybridized carbons (Fsp3) is 0.771. The van der Waals surface area contributed by atoms with Gasteiger partial charge in [0.2, 0.25) is 0 Å². The van der Waals surface area contributed by atoms with Crippen molar-refractivity contribution in [2.45, 2.75) is 224 Å². The molecule has 1 saturated heterocycles. The van der Waals surface area contributed by atoms with Gasteiger partial charge in [0.1, 0.15) is 0 Å². The summed E-state index contributed by atoms with van der Waals surface area (Å²) < 4.78 is 13.9. The second kappa shape index (κ2) is 30.3. The molecule has 0 bridgehead atoms. The van der Waals surface area contributed by atoms with E-state index in [9.17, 15) is 0 Å². The summed E-state index contributed by atoms with van der Waals surface area (Å²) in [6.45, 7) is 5.57. The van der Waals surface area contributed by atoms with Gasteiger partial charge in [0.05, 0.1) is 24.2 Å². The van der Waals surface area contributed by atoms with Crippen LogP contribution in [0.4, 0.5) is 0 Å². The van der Waals surface area contributed by atoms with Crippen LogP contribution in [0.1, 0.15) is 199 Å². The first-order valence-electron chi connectivity index (χ1n) is 22.8. The Morgan fingerprint density at radius 2 is 1.06 bits per heavy atom. The Morgan fingerprint density at radius 3 is 1.49 bits per heavy atom. The van der Waals surface area contributed by atoms with Gasteiger partial charge in [0, 0.05) is 38.0 Å². The molecule has 3 rings (SSSR count). The first-order chi connectivity index (χ1) is 26.2. The second-order valence-corrected chi connectivity index (χ2v) is 16.3. The van der Waals surface area contributed by atoms with Crippen LogP contribution in [-0.2, 0) is 15.9 Å². The van der Waals surface area contributed by atoms with Crippen molar-refractivity contribution in [1.82, 2.24) is 14.9 Å². The fourth-order valence-electron chi connectivity index (χ4n) is 8.15. The number of imidazole rings is 1. The number of unbranched alkanes of at least 4 members (excludes halogenated alkanes) is 18. The predicted octanol–water partition coefficient (Wildman–Crippen LogP) is 13.9. The van der Waals surface area contributed by atoms with Crippen molar-refractivity contribution in [2.24, 2.45) is 0 Å². The molecule has 0 radical (unpaired) electrons. The molecule has 1 aromatic heterocycles. The minimum absolute atomic E-state index is 0.252. The van der Waals surface area contributed by atoms with Crippen molar-refractivity contribution < 1.29 is 9.47 Å². The minimum Gasteiger partial charge on any atom is -0.351 e. The number of fused-ring (bicyclic) bond motifs is 1. The van der Waals surface area contributed by atoms with E-state index < -0.39 is 0 Å². The van der Waals surface area contributed by atoms with E-state index in [0.29, 0.717) is 6.04 Å². The van der Waals surface area contributed by atoms with Gasteiger partial charge in [-0.05, 0) is 96.9 Å². The number of rotatable bonds is 34. The number of H-pyrrole nitrogens is 1. The number of hydrogen-bond acceptors (Lipinski definition) is 4. The van der Waals surface area contributed by atoms with Crippen molar-refractivity contribution in [2.75, 3.05) is 13.6 Å². The molecule has 1 N–H and O–H groups in total. The third-order valence-corrected chi connectivity index (χ3v) is 11.6. The molecule has 5 heteroatoms. The Kier molecular flexibility index (Phi) is 26.0. The summed E-state index contributed by atoms with van der Waals surface area (Å²) in [4.78, 5) is 10.0. The van der Waals surface area contributed by atoms with E-state index in [2.05, 4.69) is 84.4 Å². The quantitative estimate of drug-likeness (QED) is 0.0566. The maximum Gasteiger partial charge on any atom is 0.169 e. The monoisotopic (exact) mass is 734 g/mol. The van der Waals surface area contributed by atoms with Crippen LogP contribution in [0.15, 0.2) is 61.1 Å². The highest BCUT2D eigenvalue weighted by atomic mass is 16.8. The lowest BCUT2D eigenvalue weighted by Gasteiger charge is -2.32. The average Bonchev–Trinajstić information content (AvgIpc) is 3.90. The van der Waals surface area contributed by atoms with Crippen molar-refractivity contribution in [3.63, 3.8) is 0 Å². The number of aromatic nitrogens is 2. The van der Waals surface area contributed by atoms with Crippen molar-refractivity contribution in [1.29, 1.82) is 0 Å². The fourth-order valence-corrected chi connectivity index (χ4v) is 8.15. The molecule has 2 fully saturated rings. The SMILES string of the molecule is CCCCC/C=C\C/C=C\CCCCCCCCC1(CCCCCCCC/C=C\C/C=C\CCCCC)O[C@H]2CC(N(C)CCc3c[nH]cn3)C[C@H]2O1. The van der Waals surface area contributed by atoms with Gasteiger partial charge >= 0.3 is 0 Å². The average molecular weight is 734 g/mol. The minimum atomic E-state index is -0.349. The van der Waals surface area contributed by atoms with Crippen LogP contribution in [0, 0.1) is 0 Å². The zero-order valence-corrected chi connectivity index (χ0v) is 34.9. The Bertz CT molecular complexity index is 1030. The first-order valence-corrected chi connectivity index (χ1v) is 22.8. The van der Waals surface area contributed by atoms with Crippen LogP contribution in [0.3, 0.4) is 0 Å². The summed E-state index contributed by atoms with van der Waals surface area (Å²) in [5, 5.41) is 0. The number of allylic oxidation sites excluding steroid dienone is 8. The summed E-state index contributed by atoms with van der Waals surface area (Å²) in [5.74, 6) is -0.349. The number of hydrogen-bond donors (Lipinski definition) is 1.